The van der Waals surface area contributed by atoms with Gasteiger partial charge in [0.25, 0.3) is 0 Å². The molecule has 0 saturated carbocycles. The van der Waals surface area contributed by atoms with Gasteiger partial charge in [-0.1, -0.05) is 38.1 Å². The zero-order valence-electron chi connectivity index (χ0n) is 13.1. The van der Waals surface area contributed by atoms with Crippen molar-refractivity contribution in [1.82, 2.24) is 10.2 Å². The molecule has 0 atom stereocenters. The van der Waals surface area contributed by atoms with E-state index in [9.17, 15) is 4.79 Å². The van der Waals surface area contributed by atoms with Crippen LogP contribution in [0.2, 0.25) is 0 Å². The number of benzene rings is 1. The number of hydrogen-bond acceptors (Lipinski definition) is 2. The van der Waals surface area contributed by atoms with E-state index in [0.717, 1.165) is 32.5 Å². The Balaban J connectivity index is 2.31. The first-order valence-electron chi connectivity index (χ1n) is 7.71. The van der Waals surface area contributed by atoms with Gasteiger partial charge in [-0.3, -0.25) is 4.79 Å². The predicted octanol–water partition coefficient (Wildman–Crippen LogP) is 3.12. The Labute approximate surface area is 123 Å². The average Bonchev–Trinajstić information content (AvgIpc) is 2.44. The summed E-state index contributed by atoms with van der Waals surface area (Å²) in [7, 11) is 0. The first kappa shape index (κ1) is 16.7. The van der Waals surface area contributed by atoms with Gasteiger partial charge in [0, 0.05) is 19.5 Å². The molecule has 0 spiro atoms. The van der Waals surface area contributed by atoms with Crippen molar-refractivity contribution < 1.29 is 4.79 Å². The minimum absolute atomic E-state index is 0.144. The van der Waals surface area contributed by atoms with Crippen molar-refractivity contribution in [3.05, 3.63) is 35.4 Å². The summed E-state index contributed by atoms with van der Waals surface area (Å²) in [6.45, 7) is 10.1. The highest BCUT2D eigenvalue weighted by molar-refractivity contribution is 5.76. The topological polar surface area (TPSA) is 32.3 Å². The summed E-state index contributed by atoms with van der Waals surface area (Å²) in [6.07, 6.45) is 2.88. The molecular formula is C17H28N2O. The summed E-state index contributed by atoms with van der Waals surface area (Å²) in [5.74, 6) is 0.144. The molecule has 0 aliphatic rings. The lowest BCUT2D eigenvalue weighted by molar-refractivity contribution is -0.121. The molecule has 3 nitrogen and oxygen atoms in total. The molecule has 0 heterocycles. The van der Waals surface area contributed by atoms with Crippen molar-refractivity contribution in [3.8, 4) is 0 Å². The third-order valence-electron chi connectivity index (χ3n) is 3.47. The van der Waals surface area contributed by atoms with Gasteiger partial charge in [-0.05, 0) is 44.0 Å². The molecule has 1 amide bonds. The van der Waals surface area contributed by atoms with Crippen LogP contribution in [0, 0.1) is 6.92 Å². The Hall–Kier alpha value is -1.35. The van der Waals surface area contributed by atoms with Crippen LogP contribution < -0.4 is 5.32 Å². The fourth-order valence-electron chi connectivity index (χ4n) is 2.32. The summed E-state index contributed by atoms with van der Waals surface area (Å²) >= 11 is 0. The molecule has 1 aromatic carbocycles. The Morgan fingerprint density at radius 1 is 1.10 bits per heavy atom. The van der Waals surface area contributed by atoms with E-state index in [2.05, 4.69) is 43.1 Å². The Kier molecular flexibility index (Phi) is 7.97. The van der Waals surface area contributed by atoms with Gasteiger partial charge in [-0.2, -0.15) is 0 Å². The van der Waals surface area contributed by atoms with Crippen LogP contribution in [0.25, 0.3) is 0 Å². The highest BCUT2D eigenvalue weighted by Crippen LogP contribution is 2.06. The summed E-state index contributed by atoms with van der Waals surface area (Å²) in [6, 6.07) is 8.18. The Morgan fingerprint density at radius 3 is 2.35 bits per heavy atom. The molecule has 1 N–H and O–H groups in total. The van der Waals surface area contributed by atoms with Gasteiger partial charge >= 0.3 is 0 Å². The molecule has 112 valence electrons. The monoisotopic (exact) mass is 276 g/mol. The standard InChI is InChI=1S/C17H28N2O/c1-4-11-19(12-5-2)13-10-17(20)18-14-16-9-7-6-8-15(16)3/h6-9H,4-5,10-14H2,1-3H3,(H,18,20). The van der Waals surface area contributed by atoms with Crippen molar-refractivity contribution in [3.63, 3.8) is 0 Å². The predicted molar refractivity (Wildman–Crippen MR) is 84.7 cm³/mol. The van der Waals surface area contributed by atoms with E-state index in [-0.39, 0.29) is 5.91 Å². The fourth-order valence-corrected chi connectivity index (χ4v) is 2.32. The van der Waals surface area contributed by atoms with E-state index >= 15 is 0 Å². The van der Waals surface area contributed by atoms with E-state index < -0.39 is 0 Å². The minimum atomic E-state index is 0.144. The van der Waals surface area contributed by atoms with Crippen LogP contribution in [0.1, 0.15) is 44.2 Å². The van der Waals surface area contributed by atoms with Gasteiger partial charge in [0.2, 0.25) is 5.91 Å². The highest BCUT2D eigenvalue weighted by Gasteiger charge is 2.07. The van der Waals surface area contributed by atoms with Gasteiger partial charge < -0.3 is 10.2 Å². The van der Waals surface area contributed by atoms with E-state index in [4.69, 9.17) is 0 Å². The van der Waals surface area contributed by atoms with Gasteiger partial charge in [-0.15, -0.1) is 0 Å². The molecule has 20 heavy (non-hydrogen) atoms. The molecule has 0 unspecified atom stereocenters. The molecule has 0 saturated heterocycles. The summed E-state index contributed by atoms with van der Waals surface area (Å²) in [4.78, 5) is 14.3. The Morgan fingerprint density at radius 2 is 1.75 bits per heavy atom. The van der Waals surface area contributed by atoms with Crippen molar-refractivity contribution in [2.45, 2.75) is 46.6 Å². The van der Waals surface area contributed by atoms with Crippen molar-refractivity contribution in [2.75, 3.05) is 19.6 Å². The second-order valence-corrected chi connectivity index (χ2v) is 5.29. The van der Waals surface area contributed by atoms with Gasteiger partial charge in [0.1, 0.15) is 0 Å². The number of nitrogens with zero attached hydrogens (tertiary/aromatic N) is 1. The van der Waals surface area contributed by atoms with Crippen molar-refractivity contribution in [1.29, 1.82) is 0 Å². The van der Waals surface area contributed by atoms with Gasteiger partial charge in [-0.25, -0.2) is 0 Å². The van der Waals surface area contributed by atoms with Crippen LogP contribution in [0.3, 0.4) is 0 Å². The molecule has 1 aromatic rings. The number of rotatable bonds is 9. The third-order valence-corrected chi connectivity index (χ3v) is 3.47. The lowest BCUT2D eigenvalue weighted by atomic mass is 10.1. The molecule has 0 bridgehead atoms. The van der Waals surface area contributed by atoms with Crippen LogP contribution in [-0.2, 0) is 11.3 Å². The lowest BCUT2D eigenvalue weighted by Gasteiger charge is -2.20. The smallest absolute Gasteiger partial charge is 0.221 e. The van der Waals surface area contributed by atoms with Crippen LogP contribution in [-0.4, -0.2) is 30.4 Å². The van der Waals surface area contributed by atoms with Gasteiger partial charge in [0.15, 0.2) is 0 Å². The number of nitrogens with one attached hydrogen (secondary N) is 1. The van der Waals surface area contributed by atoms with E-state index in [1.807, 2.05) is 12.1 Å². The van der Waals surface area contributed by atoms with E-state index in [0.29, 0.717) is 13.0 Å². The van der Waals surface area contributed by atoms with Crippen molar-refractivity contribution in [2.24, 2.45) is 0 Å². The second kappa shape index (κ2) is 9.54. The molecule has 0 aliphatic carbocycles. The highest BCUT2D eigenvalue weighted by atomic mass is 16.1. The van der Waals surface area contributed by atoms with Crippen molar-refractivity contribution >= 4 is 5.91 Å². The third kappa shape index (κ3) is 6.20. The zero-order chi connectivity index (χ0) is 14.8. The number of carbonyl (C=O) groups is 1. The van der Waals surface area contributed by atoms with Gasteiger partial charge in [0.05, 0.1) is 0 Å². The number of hydrogen-bond donors (Lipinski definition) is 1. The number of carbonyl (C=O) groups excluding carboxylic acids is 1. The van der Waals surface area contributed by atoms with Crippen LogP contribution >= 0.6 is 0 Å². The second-order valence-electron chi connectivity index (χ2n) is 5.29. The summed E-state index contributed by atoms with van der Waals surface area (Å²) in [5, 5.41) is 3.01. The molecule has 0 aromatic heterocycles. The largest absolute Gasteiger partial charge is 0.352 e. The Bertz CT molecular complexity index is 398. The van der Waals surface area contributed by atoms with Crippen LogP contribution in [0.4, 0.5) is 0 Å². The normalized spacial score (nSPS) is 10.8. The molecule has 0 aliphatic heterocycles. The summed E-state index contributed by atoms with van der Waals surface area (Å²) < 4.78 is 0. The molecule has 3 heteroatoms. The lowest BCUT2D eigenvalue weighted by Crippen LogP contribution is -2.31. The average molecular weight is 276 g/mol. The van der Waals surface area contributed by atoms with E-state index in [1.165, 1.54) is 11.1 Å². The number of aryl methyl sites for hydroxylation is 1. The molecule has 0 radical (unpaired) electrons. The fraction of sp³-hybridized carbons (Fsp3) is 0.588. The van der Waals surface area contributed by atoms with Crippen LogP contribution in [0.15, 0.2) is 24.3 Å². The molecule has 0 fully saturated rings. The first-order chi connectivity index (χ1) is 9.67. The molecule has 1 rings (SSSR count). The minimum Gasteiger partial charge on any atom is -0.352 e. The zero-order valence-corrected chi connectivity index (χ0v) is 13.1. The number of amides is 1. The maximum absolute atomic E-state index is 11.9. The first-order valence-corrected chi connectivity index (χ1v) is 7.71. The van der Waals surface area contributed by atoms with E-state index in [1.54, 1.807) is 0 Å². The SMILES string of the molecule is CCCN(CCC)CCC(=O)NCc1ccccc1C. The maximum Gasteiger partial charge on any atom is 0.221 e. The quantitative estimate of drug-likeness (QED) is 0.751. The molecular weight excluding hydrogens is 248 g/mol. The summed E-state index contributed by atoms with van der Waals surface area (Å²) in [5.41, 5.74) is 2.42. The maximum atomic E-state index is 11.9. The van der Waals surface area contributed by atoms with Crippen LogP contribution in [0.5, 0.6) is 0 Å².